The average molecular weight is 398 g/mol. The van der Waals surface area contributed by atoms with E-state index in [4.69, 9.17) is 4.74 Å². The zero-order valence-electron chi connectivity index (χ0n) is 15.6. The van der Waals surface area contributed by atoms with E-state index in [-0.39, 0.29) is 18.4 Å². The monoisotopic (exact) mass is 398 g/mol. The molecule has 1 fully saturated rings. The Balaban J connectivity index is 1.93. The summed E-state index contributed by atoms with van der Waals surface area (Å²) in [4.78, 5) is 25.5. The third kappa shape index (κ3) is 7.16. The number of morpholine rings is 1. The number of amides is 2. The lowest BCUT2D eigenvalue weighted by Crippen LogP contribution is -2.44. The van der Waals surface area contributed by atoms with Crippen LogP contribution in [0.2, 0.25) is 0 Å². The summed E-state index contributed by atoms with van der Waals surface area (Å²) in [5.41, 5.74) is 0.907. The summed E-state index contributed by atoms with van der Waals surface area (Å²) in [5.74, 6) is -0.595. The Labute approximate surface area is 159 Å². The van der Waals surface area contributed by atoms with Crippen LogP contribution in [0.25, 0.3) is 0 Å². The maximum absolute atomic E-state index is 12.2. The van der Waals surface area contributed by atoms with Crippen molar-refractivity contribution in [3.63, 3.8) is 0 Å². The van der Waals surface area contributed by atoms with Gasteiger partial charge >= 0.3 is 0 Å². The number of anilines is 2. The highest BCUT2D eigenvalue weighted by Crippen LogP contribution is 2.20. The van der Waals surface area contributed by atoms with E-state index in [2.05, 4.69) is 15.5 Å². The zero-order chi connectivity index (χ0) is 19.9. The van der Waals surface area contributed by atoms with Gasteiger partial charge in [-0.05, 0) is 24.3 Å². The standard InChI is InChI=1S/C17H26N4O5S/c1-14(22)19-15-3-5-16(6-4-15)21(27(2,24)25)13-17(23)18-7-8-20-9-11-26-12-10-20/h3-6H,7-13H2,1-2H3,(H,18,23)(H,19,22). The molecule has 0 radical (unpaired) electrons. The molecular formula is C17H26N4O5S. The van der Waals surface area contributed by atoms with Crippen molar-refractivity contribution >= 4 is 33.2 Å². The smallest absolute Gasteiger partial charge is 0.240 e. The van der Waals surface area contributed by atoms with Crippen molar-refractivity contribution in [1.82, 2.24) is 10.2 Å². The molecule has 0 saturated carbocycles. The minimum atomic E-state index is -3.64. The normalized spacial score (nSPS) is 15.2. The summed E-state index contributed by atoms with van der Waals surface area (Å²) >= 11 is 0. The molecule has 2 amide bonds. The fourth-order valence-electron chi connectivity index (χ4n) is 2.68. The van der Waals surface area contributed by atoms with Gasteiger partial charge in [0.15, 0.2) is 0 Å². The van der Waals surface area contributed by atoms with E-state index < -0.39 is 10.0 Å². The van der Waals surface area contributed by atoms with Crippen molar-refractivity contribution in [2.45, 2.75) is 6.92 Å². The number of rotatable bonds is 8. The second-order valence-electron chi connectivity index (χ2n) is 6.30. The van der Waals surface area contributed by atoms with Crippen LogP contribution in [0.4, 0.5) is 11.4 Å². The van der Waals surface area contributed by atoms with Gasteiger partial charge in [0, 0.05) is 38.8 Å². The van der Waals surface area contributed by atoms with E-state index in [1.165, 1.54) is 6.92 Å². The Morgan fingerprint density at radius 3 is 2.37 bits per heavy atom. The molecule has 1 aliphatic rings. The molecule has 1 aromatic carbocycles. The van der Waals surface area contributed by atoms with Crippen molar-refractivity contribution in [3.8, 4) is 0 Å². The first-order valence-electron chi connectivity index (χ1n) is 8.68. The van der Waals surface area contributed by atoms with Crippen molar-refractivity contribution < 1.29 is 22.7 Å². The number of carbonyl (C=O) groups is 2. The van der Waals surface area contributed by atoms with Gasteiger partial charge in [0.2, 0.25) is 21.8 Å². The first-order valence-corrected chi connectivity index (χ1v) is 10.5. The number of nitrogens with one attached hydrogen (secondary N) is 2. The summed E-state index contributed by atoms with van der Waals surface area (Å²) in [5, 5.41) is 5.37. The Morgan fingerprint density at radius 1 is 1.19 bits per heavy atom. The van der Waals surface area contributed by atoms with E-state index in [1.807, 2.05) is 0 Å². The number of nitrogens with zero attached hydrogens (tertiary/aromatic N) is 2. The number of hydrogen-bond acceptors (Lipinski definition) is 6. The summed E-state index contributed by atoms with van der Waals surface area (Å²) in [6, 6.07) is 6.27. The predicted octanol–water partition coefficient (Wildman–Crippen LogP) is -0.141. The predicted molar refractivity (Wildman–Crippen MR) is 103 cm³/mol. The fraction of sp³-hybridized carbons (Fsp3) is 0.529. The molecule has 0 bridgehead atoms. The van der Waals surface area contributed by atoms with Crippen LogP contribution in [-0.2, 0) is 24.3 Å². The molecule has 2 rings (SSSR count). The third-order valence-corrected chi connectivity index (χ3v) is 5.16. The van der Waals surface area contributed by atoms with Crippen LogP contribution < -0.4 is 14.9 Å². The first-order chi connectivity index (χ1) is 12.8. The molecule has 0 unspecified atom stereocenters. The molecular weight excluding hydrogens is 372 g/mol. The van der Waals surface area contributed by atoms with Gasteiger partial charge in [0.1, 0.15) is 6.54 Å². The Hall–Kier alpha value is -2.17. The number of benzene rings is 1. The van der Waals surface area contributed by atoms with Gasteiger partial charge in [0.25, 0.3) is 0 Å². The van der Waals surface area contributed by atoms with Gasteiger partial charge in [-0.25, -0.2) is 8.42 Å². The van der Waals surface area contributed by atoms with Crippen molar-refractivity contribution in [2.24, 2.45) is 0 Å². The lowest BCUT2D eigenvalue weighted by atomic mass is 10.2. The van der Waals surface area contributed by atoms with E-state index in [0.717, 1.165) is 23.7 Å². The average Bonchev–Trinajstić information content (AvgIpc) is 2.60. The summed E-state index contributed by atoms with van der Waals surface area (Å²) in [6.07, 6.45) is 1.05. The van der Waals surface area contributed by atoms with Crippen LogP contribution in [0.5, 0.6) is 0 Å². The Bertz CT molecular complexity index is 745. The van der Waals surface area contributed by atoms with Crippen LogP contribution in [0.1, 0.15) is 6.92 Å². The highest BCUT2D eigenvalue weighted by Gasteiger charge is 2.21. The molecule has 0 aromatic heterocycles. The number of sulfonamides is 1. The van der Waals surface area contributed by atoms with Gasteiger partial charge in [0.05, 0.1) is 25.2 Å². The number of hydrogen-bond donors (Lipinski definition) is 2. The molecule has 9 nitrogen and oxygen atoms in total. The molecule has 1 aliphatic heterocycles. The number of carbonyl (C=O) groups excluding carboxylic acids is 2. The molecule has 1 saturated heterocycles. The van der Waals surface area contributed by atoms with Gasteiger partial charge < -0.3 is 15.4 Å². The van der Waals surface area contributed by atoms with Crippen LogP contribution in [0.15, 0.2) is 24.3 Å². The fourth-order valence-corrected chi connectivity index (χ4v) is 3.54. The topological polar surface area (TPSA) is 108 Å². The van der Waals surface area contributed by atoms with Gasteiger partial charge in [-0.1, -0.05) is 0 Å². The van der Waals surface area contributed by atoms with Gasteiger partial charge in [-0.3, -0.25) is 18.8 Å². The molecule has 10 heteroatoms. The second-order valence-corrected chi connectivity index (χ2v) is 8.21. The molecule has 2 N–H and O–H groups in total. The Kier molecular flexibility index (Phi) is 7.57. The van der Waals surface area contributed by atoms with E-state index >= 15 is 0 Å². The summed E-state index contributed by atoms with van der Waals surface area (Å²) < 4.78 is 30.5. The largest absolute Gasteiger partial charge is 0.379 e. The lowest BCUT2D eigenvalue weighted by Gasteiger charge is -2.27. The van der Waals surface area contributed by atoms with E-state index in [0.29, 0.717) is 37.7 Å². The van der Waals surface area contributed by atoms with Crippen LogP contribution in [-0.4, -0.2) is 77.3 Å². The van der Waals surface area contributed by atoms with Gasteiger partial charge in [-0.15, -0.1) is 0 Å². The van der Waals surface area contributed by atoms with E-state index in [9.17, 15) is 18.0 Å². The third-order valence-electron chi connectivity index (χ3n) is 4.02. The Morgan fingerprint density at radius 2 is 1.81 bits per heavy atom. The minimum Gasteiger partial charge on any atom is -0.379 e. The maximum atomic E-state index is 12.2. The molecule has 0 spiro atoms. The number of ether oxygens (including phenoxy) is 1. The second kappa shape index (κ2) is 9.67. The van der Waals surface area contributed by atoms with Gasteiger partial charge in [-0.2, -0.15) is 0 Å². The highest BCUT2D eigenvalue weighted by molar-refractivity contribution is 7.92. The first kappa shape index (κ1) is 21.1. The molecule has 1 aromatic rings. The van der Waals surface area contributed by atoms with Crippen LogP contribution in [0.3, 0.4) is 0 Å². The van der Waals surface area contributed by atoms with Crippen LogP contribution >= 0.6 is 0 Å². The summed E-state index contributed by atoms with van der Waals surface area (Å²) in [6.45, 7) is 5.24. The van der Waals surface area contributed by atoms with Crippen molar-refractivity contribution in [1.29, 1.82) is 0 Å². The molecule has 27 heavy (non-hydrogen) atoms. The zero-order valence-corrected chi connectivity index (χ0v) is 16.4. The maximum Gasteiger partial charge on any atom is 0.240 e. The lowest BCUT2D eigenvalue weighted by molar-refractivity contribution is -0.119. The SMILES string of the molecule is CC(=O)Nc1ccc(N(CC(=O)NCCN2CCOCC2)S(C)(=O)=O)cc1. The molecule has 0 aliphatic carbocycles. The highest BCUT2D eigenvalue weighted by atomic mass is 32.2. The molecule has 150 valence electrons. The molecule has 0 atom stereocenters. The summed E-state index contributed by atoms with van der Waals surface area (Å²) in [7, 11) is -3.64. The quantitative estimate of drug-likeness (QED) is 0.631. The van der Waals surface area contributed by atoms with E-state index in [1.54, 1.807) is 24.3 Å². The van der Waals surface area contributed by atoms with Crippen LogP contribution in [0, 0.1) is 0 Å². The van der Waals surface area contributed by atoms with Crippen molar-refractivity contribution in [2.75, 3.05) is 61.8 Å². The minimum absolute atomic E-state index is 0.220. The van der Waals surface area contributed by atoms with Crippen molar-refractivity contribution in [3.05, 3.63) is 24.3 Å². The molecule has 1 heterocycles.